The summed E-state index contributed by atoms with van der Waals surface area (Å²) in [6.45, 7) is 5.05. The van der Waals surface area contributed by atoms with Gasteiger partial charge >= 0.3 is 0 Å². The monoisotopic (exact) mass is 340 g/mol. The lowest BCUT2D eigenvalue weighted by molar-refractivity contribution is -0.133. The van der Waals surface area contributed by atoms with E-state index in [-0.39, 0.29) is 5.91 Å². The van der Waals surface area contributed by atoms with Crippen LogP contribution in [0.2, 0.25) is 0 Å². The molecule has 134 valence electrons. The number of benzene rings is 1. The molecule has 2 heterocycles. The first kappa shape index (κ1) is 17.7. The number of hydrogen-bond donors (Lipinski definition) is 0. The average molecular weight is 340 g/mol. The summed E-state index contributed by atoms with van der Waals surface area (Å²) in [6, 6.07) is 10.7. The molecule has 0 radical (unpaired) electrons. The lowest BCUT2D eigenvalue weighted by Gasteiger charge is -2.35. The normalized spacial score (nSPS) is 17.9. The van der Waals surface area contributed by atoms with Gasteiger partial charge in [-0.25, -0.2) is 4.98 Å². The fraction of sp³-hybridized carbons (Fsp3) is 0.500. The molecular weight excluding hydrogens is 312 g/mol. The minimum absolute atomic E-state index is 0.223. The van der Waals surface area contributed by atoms with Crippen molar-refractivity contribution < 1.29 is 4.79 Å². The molecule has 1 atom stereocenters. The van der Waals surface area contributed by atoms with Crippen LogP contribution in [0.3, 0.4) is 0 Å². The first-order valence-electron chi connectivity index (χ1n) is 9.19. The molecule has 0 bridgehead atoms. The zero-order valence-corrected chi connectivity index (χ0v) is 15.3. The molecule has 5 nitrogen and oxygen atoms in total. The molecule has 1 aromatic heterocycles. The van der Waals surface area contributed by atoms with Crippen LogP contribution in [0.5, 0.6) is 0 Å². The van der Waals surface area contributed by atoms with Crippen molar-refractivity contribution in [2.75, 3.05) is 26.7 Å². The lowest BCUT2D eigenvalue weighted by Crippen LogP contribution is -2.44. The molecule has 1 aliphatic rings. The number of likely N-dealkylation sites (tertiary alicyclic amines) is 1. The maximum atomic E-state index is 12.7. The van der Waals surface area contributed by atoms with Crippen molar-refractivity contribution >= 4 is 5.91 Å². The van der Waals surface area contributed by atoms with Crippen molar-refractivity contribution in [2.45, 2.75) is 38.8 Å². The first-order chi connectivity index (χ1) is 12.2. The van der Waals surface area contributed by atoms with Gasteiger partial charge in [-0.3, -0.25) is 9.69 Å². The number of rotatable bonds is 6. The zero-order chi connectivity index (χ0) is 17.6. The van der Waals surface area contributed by atoms with Gasteiger partial charge in [0.2, 0.25) is 5.91 Å². The maximum Gasteiger partial charge on any atom is 0.236 e. The highest BCUT2D eigenvalue weighted by Crippen LogP contribution is 2.23. The smallest absolute Gasteiger partial charge is 0.236 e. The van der Waals surface area contributed by atoms with Crippen LogP contribution in [-0.2, 0) is 17.8 Å². The second-order valence-electron chi connectivity index (χ2n) is 6.90. The average Bonchev–Trinajstić information content (AvgIpc) is 3.11. The topological polar surface area (TPSA) is 41.4 Å². The van der Waals surface area contributed by atoms with Crippen LogP contribution in [0.15, 0.2) is 42.7 Å². The summed E-state index contributed by atoms with van der Waals surface area (Å²) in [5.41, 5.74) is 1.24. The number of likely N-dealkylation sites (N-methyl/N-ethyl adjacent to an activating group) is 1. The second-order valence-corrected chi connectivity index (χ2v) is 6.90. The Balaban J connectivity index is 1.56. The van der Waals surface area contributed by atoms with Gasteiger partial charge in [0, 0.05) is 38.4 Å². The summed E-state index contributed by atoms with van der Waals surface area (Å²) in [4.78, 5) is 21.3. The van der Waals surface area contributed by atoms with Crippen LogP contribution in [0, 0.1) is 0 Å². The van der Waals surface area contributed by atoms with E-state index in [2.05, 4.69) is 39.7 Å². The Morgan fingerprint density at radius 1 is 1.32 bits per heavy atom. The minimum atomic E-state index is 0.223. The van der Waals surface area contributed by atoms with E-state index in [1.165, 1.54) is 5.56 Å². The van der Waals surface area contributed by atoms with Crippen LogP contribution < -0.4 is 0 Å². The van der Waals surface area contributed by atoms with Gasteiger partial charge in [-0.05, 0) is 25.5 Å². The zero-order valence-electron chi connectivity index (χ0n) is 15.3. The minimum Gasteiger partial charge on any atom is -0.340 e. The summed E-state index contributed by atoms with van der Waals surface area (Å²) in [5.74, 6) is 1.33. The Labute approximate surface area is 150 Å². The fourth-order valence-corrected chi connectivity index (χ4v) is 3.64. The van der Waals surface area contributed by atoms with E-state index < -0.39 is 0 Å². The van der Waals surface area contributed by atoms with E-state index >= 15 is 0 Å². The third-order valence-electron chi connectivity index (χ3n) is 4.91. The lowest BCUT2D eigenvalue weighted by atomic mass is 10.0. The molecule has 1 amide bonds. The summed E-state index contributed by atoms with van der Waals surface area (Å²) in [5, 5.41) is 0. The van der Waals surface area contributed by atoms with Crippen molar-refractivity contribution in [1.29, 1.82) is 0 Å². The molecule has 1 fully saturated rings. The van der Waals surface area contributed by atoms with Gasteiger partial charge in [0.1, 0.15) is 5.82 Å². The van der Waals surface area contributed by atoms with E-state index in [9.17, 15) is 4.79 Å². The Hall–Kier alpha value is -2.14. The van der Waals surface area contributed by atoms with Crippen molar-refractivity contribution in [3.05, 3.63) is 54.1 Å². The molecule has 2 aromatic rings. The third-order valence-corrected chi connectivity index (χ3v) is 4.91. The molecule has 5 heteroatoms. The molecule has 0 spiro atoms. The standard InChI is InChI=1S/C20H28N4O/c1-3-19-21-11-13-24(19)18-10-7-12-23(15-18)20(25)16-22(2)14-17-8-5-4-6-9-17/h4-6,8-9,11,13,18H,3,7,10,12,14-16H2,1-2H3/t18-/m0/s1. The van der Waals surface area contributed by atoms with E-state index in [1.807, 2.05) is 36.3 Å². The third kappa shape index (κ3) is 4.48. The maximum absolute atomic E-state index is 12.7. The number of piperidine rings is 1. The van der Waals surface area contributed by atoms with Crippen LogP contribution in [0.25, 0.3) is 0 Å². The fourth-order valence-electron chi connectivity index (χ4n) is 3.64. The SMILES string of the molecule is CCc1nccn1[C@H]1CCCN(C(=O)CN(C)Cc2ccccc2)C1. The van der Waals surface area contributed by atoms with Gasteiger partial charge in [0.15, 0.2) is 0 Å². The van der Waals surface area contributed by atoms with Gasteiger partial charge < -0.3 is 9.47 Å². The number of aromatic nitrogens is 2. The summed E-state index contributed by atoms with van der Waals surface area (Å²) in [6.07, 6.45) is 7.02. The van der Waals surface area contributed by atoms with E-state index in [0.717, 1.165) is 44.7 Å². The second kappa shape index (κ2) is 8.30. The van der Waals surface area contributed by atoms with Crippen LogP contribution in [0.1, 0.15) is 37.2 Å². The largest absolute Gasteiger partial charge is 0.340 e. The van der Waals surface area contributed by atoms with Gasteiger partial charge in [-0.2, -0.15) is 0 Å². The number of carbonyl (C=O) groups is 1. The van der Waals surface area contributed by atoms with Crippen LogP contribution >= 0.6 is 0 Å². The summed E-state index contributed by atoms with van der Waals surface area (Å²) >= 11 is 0. The van der Waals surface area contributed by atoms with E-state index in [4.69, 9.17) is 0 Å². The number of aryl methyl sites for hydroxylation is 1. The molecular formula is C20H28N4O. The molecule has 0 saturated carbocycles. The van der Waals surface area contributed by atoms with Gasteiger partial charge in [-0.15, -0.1) is 0 Å². The Bertz CT molecular complexity index is 682. The van der Waals surface area contributed by atoms with E-state index in [0.29, 0.717) is 12.6 Å². The molecule has 1 aromatic carbocycles. The molecule has 1 aliphatic heterocycles. The molecule has 0 unspecified atom stereocenters. The molecule has 0 N–H and O–H groups in total. The van der Waals surface area contributed by atoms with Gasteiger partial charge in [-0.1, -0.05) is 37.3 Å². The number of amides is 1. The number of hydrogen-bond acceptors (Lipinski definition) is 3. The van der Waals surface area contributed by atoms with Crippen LogP contribution in [0.4, 0.5) is 0 Å². The number of nitrogens with zero attached hydrogens (tertiary/aromatic N) is 4. The highest BCUT2D eigenvalue weighted by atomic mass is 16.2. The van der Waals surface area contributed by atoms with Crippen molar-refractivity contribution in [3.63, 3.8) is 0 Å². The quantitative estimate of drug-likeness (QED) is 0.812. The molecule has 3 rings (SSSR count). The predicted octanol–water partition coefficient (Wildman–Crippen LogP) is 2.74. The number of imidazole rings is 1. The number of carbonyl (C=O) groups excluding carboxylic acids is 1. The van der Waals surface area contributed by atoms with E-state index in [1.54, 1.807) is 0 Å². The Morgan fingerprint density at radius 3 is 2.88 bits per heavy atom. The summed E-state index contributed by atoms with van der Waals surface area (Å²) < 4.78 is 2.26. The van der Waals surface area contributed by atoms with Gasteiger partial charge in [0.05, 0.1) is 12.6 Å². The van der Waals surface area contributed by atoms with Crippen molar-refractivity contribution in [1.82, 2.24) is 19.4 Å². The Kier molecular flexibility index (Phi) is 5.87. The highest BCUT2D eigenvalue weighted by molar-refractivity contribution is 5.78. The summed E-state index contributed by atoms with van der Waals surface area (Å²) in [7, 11) is 2.01. The first-order valence-corrected chi connectivity index (χ1v) is 9.19. The molecule has 1 saturated heterocycles. The van der Waals surface area contributed by atoms with Gasteiger partial charge in [0.25, 0.3) is 0 Å². The van der Waals surface area contributed by atoms with Crippen molar-refractivity contribution in [3.8, 4) is 0 Å². The Morgan fingerprint density at radius 2 is 2.12 bits per heavy atom. The molecule has 0 aliphatic carbocycles. The van der Waals surface area contributed by atoms with Crippen LogP contribution in [-0.4, -0.2) is 51.9 Å². The molecule has 25 heavy (non-hydrogen) atoms. The highest BCUT2D eigenvalue weighted by Gasteiger charge is 2.26. The van der Waals surface area contributed by atoms with Crippen molar-refractivity contribution in [2.24, 2.45) is 0 Å². The predicted molar refractivity (Wildman–Crippen MR) is 99.2 cm³/mol.